The molecule has 2 rings (SSSR count). The van der Waals surface area contributed by atoms with Crippen LogP contribution in [0.4, 0.5) is 0 Å². The van der Waals surface area contributed by atoms with E-state index in [4.69, 9.17) is 17.3 Å². The van der Waals surface area contributed by atoms with Gasteiger partial charge in [-0.3, -0.25) is 9.78 Å². The molecule has 0 saturated heterocycles. The summed E-state index contributed by atoms with van der Waals surface area (Å²) in [5.74, 6) is -1.61. The highest BCUT2D eigenvalue weighted by atomic mass is 32.1. The summed E-state index contributed by atoms with van der Waals surface area (Å²) in [6.07, 6.45) is 1.39. The Morgan fingerprint density at radius 3 is 2.68 bits per heavy atom. The number of carbonyl (C=O) groups excluding carboxylic acids is 1. The second-order valence-electron chi connectivity index (χ2n) is 3.78. The van der Waals surface area contributed by atoms with E-state index in [2.05, 4.69) is 4.98 Å². The molecule has 0 unspecified atom stereocenters. The van der Waals surface area contributed by atoms with Gasteiger partial charge < -0.3 is 5.11 Å². The molecule has 0 radical (unpaired) electrons. The Morgan fingerprint density at radius 2 is 2.00 bits per heavy atom. The van der Waals surface area contributed by atoms with Gasteiger partial charge in [0.25, 0.3) is 0 Å². The van der Waals surface area contributed by atoms with Crippen molar-refractivity contribution in [2.45, 2.75) is 0 Å². The molecule has 0 bridgehead atoms. The van der Waals surface area contributed by atoms with E-state index in [0.717, 1.165) is 0 Å². The molecule has 0 aliphatic heterocycles. The van der Waals surface area contributed by atoms with Crippen LogP contribution in [0.1, 0.15) is 32.0 Å². The molecule has 2 aromatic rings. The average Bonchev–Trinajstić information content (AvgIpc) is 2.46. The molecule has 1 aromatic heterocycles. The minimum atomic E-state index is -1.18. The standard InChI is InChI=1S/C14H9NO3S/c16-13(10-4-1-3-9(7-10)8-19)12-11(14(17)18)5-2-6-15-12/h1-8H,(H,17,18). The normalized spacial score (nSPS) is 9.89. The van der Waals surface area contributed by atoms with Crippen molar-refractivity contribution in [1.82, 2.24) is 4.98 Å². The molecule has 0 aliphatic rings. The van der Waals surface area contributed by atoms with Crippen LogP contribution in [0.3, 0.4) is 0 Å². The lowest BCUT2D eigenvalue weighted by atomic mass is 10.0. The number of carboxylic acids is 1. The lowest BCUT2D eigenvalue weighted by Gasteiger charge is -2.04. The minimum absolute atomic E-state index is 0.0727. The van der Waals surface area contributed by atoms with Crippen LogP contribution in [-0.2, 0) is 0 Å². The molecule has 0 atom stereocenters. The van der Waals surface area contributed by atoms with Crippen molar-refractivity contribution in [2.24, 2.45) is 0 Å². The molecule has 0 saturated carbocycles. The highest BCUT2D eigenvalue weighted by Crippen LogP contribution is 2.13. The first-order valence-electron chi connectivity index (χ1n) is 5.41. The monoisotopic (exact) mass is 271 g/mol. The van der Waals surface area contributed by atoms with Crippen molar-refractivity contribution >= 4 is 29.3 Å². The number of thiocarbonyl (C=S) groups is 1. The number of hydrogen-bond acceptors (Lipinski definition) is 4. The summed E-state index contributed by atoms with van der Waals surface area (Å²) < 4.78 is 0. The summed E-state index contributed by atoms with van der Waals surface area (Å²) in [6, 6.07) is 9.50. The molecule has 0 fully saturated rings. The number of carboxylic acid groups (broad SMARTS) is 1. The number of nitrogens with zero attached hydrogens (tertiary/aromatic N) is 1. The van der Waals surface area contributed by atoms with Gasteiger partial charge in [0.05, 0.1) is 5.56 Å². The molecule has 0 aliphatic carbocycles. The zero-order chi connectivity index (χ0) is 13.8. The fraction of sp³-hybridized carbons (Fsp3) is 0. The van der Waals surface area contributed by atoms with Gasteiger partial charge in [-0.1, -0.05) is 30.4 Å². The number of pyridine rings is 1. The molecule has 1 N–H and O–H groups in total. The number of aromatic carboxylic acids is 1. The SMILES string of the molecule is O=C(O)c1cccnc1C(=O)c1cccc(C=S)c1. The molecule has 0 spiro atoms. The topological polar surface area (TPSA) is 67.3 Å². The summed E-state index contributed by atoms with van der Waals surface area (Å²) in [7, 11) is 0. The van der Waals surface area contributed by atoms with E-state index in [1.165, 1.54) is 23.7 Å². The maximum Gasteiger partial charge on any atom is 0.338 e. The third kappa shape index (κ3) is 2.71. The lowest BCUT2D eigenvalue weighted by Crippen LogP contribution is -2.12. The fourth-order valence-electron chi connectivity index (χ4n) is 1.65. The van der Waals surface area contributed by atoms with Crippen LogP contribution in [0.5, 0.6) is 0 Å². The summed E-state index contributed by atoms with van der Waals surface area (Å²) in [4.78, 5) is 27.2. The molecular formula is C14H9NO3S. The van der Waals surface area contributed by atoms with Gasteiger partial charge in [0, 0.05) is 17.1 Å². The molecule has 1 aromatic carbocycles. The van der Waals surface area contributed by atoms with Crippen molar-refractivity contribution in [2.75, 3.05) is 0 Å². The summed E-state index contributed by atoms with van der Waals surface area (Å²) >= 11 is 4.80. The van der Waals surface area contributed by atoms with Gasteiger partial charge in [0.2, 0.25) is 5.78 Å². The first kappa shape index (κ1) is 13.0. The van der Waals surface area contributed by atoms with Gasteiger partial charge in [-0.15, -0.1) is 0 Å². The van der Waals surface area contributed by atoms with E-state index >= 15 is 0 Å². The van der Waals surface area contributed by atoms with Gasteiger partial charge in [0.1, 0.15) is 5.69 Å². The Balaban J connectivity index is 2.50. The zero-order valence-corrected chi connectivity index (χ0v) is 10.6. The number of hydrogen-bond donors (Lipinski definition) is 1. The molecule has 0 amide bonds. The largest absolute Gasteiger partial charge is 0.478 e. The van der Waals surface area contributed by atoms with Gasteiger partial charge >= 0.3 is 5.97 Å². The van der Waals surface area contributed by atoms with Crippen LogP contribution in [0, 0.1) is 0 Å². The average molecular weight is 271 g/mol. The molecular weight excluding hydrogens is 262 g/mol. The van der Waals surface area contributed by atoms with Crippen molar-refractivity contribution in [3.05, 3.63) is 65.0 Å². The second-order valence-corrected chi connectivity index (χ2v) is 4.01. The van der Waals surface area contributed by atoms with Crippen molar-refractivity contribution in [3.8, 4) is 0 Å². The number of aromatic nitrogens is 1. The van der Waals surface area contributed by atoms with Gasteiger partial charge in [-0.05, 0) is 23.8 Å². The van der Waals surface area contributed by atoms with Crippen LogP contribution >= 0.6 is 12.2 Å². The Labute approximate surface area is 114 Å². The van der Waals surface area contributed by atoms with E-state index < -0.39 is 11.8 Å². The van der Waals surface area contributed by atoms with Crippen LogP contribution in [0.25, 0.3) is 0 Å². The Kier molecular flexibility index (Phi) is 3.77. The van der Waals surface area contributed by atoms with E-state index in [1.54, 1.807) is 24.3 Å². The highest BCUT2D eigenvalue weighted by Gasteiger charge is 2.18. The van der Waals surface area contributed by atoms with Crippen LogP contribution in [-0.4, -0.2) is 27.2 Å². The van der Waals surface area contributed by atoms with Gasteiger partial charge in [0.15, 0.2) is 0 Å². The molecule has 1 heterocycles. The molecule has 4 nitrogen and oxygen atoms in total. The van der Waals surface area contributed by atoms with E-state index in [9.17, 15) is 9.59 Å². The van der Waals surface area contributed by atoms with Crippen molar-refractivity contribution in [3.63, 3.8) is 0 Å². The van der Waals surface area contributed by atoms with E-state index in [0.29, 0.717) is 11.1 Å². The predicted octanol–water partition coefficient (Wildman–Crippen LogP) is 2.36. The lowest BCUT2D eigenvalue weighted by molar-refractivity contribution is 0.0692. The van der Waals surface area contributed by atoms with Crippen LogP contribution < -0.4 is 0 Å². The van der Waals surface area contributed by atoms with Crippen LogP contribution in [0.15, 0.2) is 42.6 Å². The van der Waals surface area contributed by atoms with Crippen LogP contribution in [0.2, 0.25) is 0 Å². The maximum atomic E-state index is 12.3. The smallest absolute Gasteiger partial charge is 0.338 e. The highest BCUT2D eigenvalue weighted by molar-refractivity contribution is 7.79. The van der Waals surface area contributed by atoms with E-state index in [-0.39, 0.29) is 11.3 Å². The number of benzene rings is 1. The molecule has 19 heavy (non-hydrogen) atoms. The number of ketones is 1. The van der Waals surface area contributed by atoms with Crippen molar-refractivity contribution in [1.29, 1.82) is 0 Å². The number of carbonyl (C=O) groups is 2. The fourth-order valence-corrected chi connectivity index (χ4v) is 1.80. The van der Waals surface area contributed by atoms with E-state index in [1.807, 2.05) is 0 Å². The molecule has 5 heteroatoms. The Hall–Kier alpha value is -2.40. The molecule has 94 valence electrons. The summed E-state index contributed by atoms with van der Waals surface area (Å²) in [5, 5.41) is 10.5. The van der Waals surface area contributed by atoms with Gasteiger partial charge in [-0.2, -0.15) is 0 Å². The first-order chi connectivity index (χ1) is 9.13. The predicted molar refractivity (Wildman–Crippen MR) is 73.8 cm³/mol. The first-order valence-corrected chi connectivity index (χ1v) is 5.89. The number of rotatable bonds is 4. The Bertz CT molecular complexity index is 667. The van der Waals surface area contributed by atoms with Gasteiger partial charge in [-0.25, -0.2) is 4.79 Å². The second kappa shape index (κ2) is 5.49. The third-order valence-corrected chi connectivity index (χ3v) is 2.81. The maximum absolute atomic E-state index is 12.3. The quantitative estimate of drug-likeness (QED) is 0.683. The summed E-state index contributed by atoms with van der Waals surface area (Å²) in [5.41, 5.74) is 0.894. The minimum Gasteiger partial charge on any atom is -0.478 e. The third-order valence-electron chi connectivity index (χ3n) is 2.54. The summed E-state index contributed by atoms with van der Waals surface area (Å²) in [6.45, 7) is 0. The Morgan fingerprint density at radius 1 is 1.21 bits per heavy atom. The van der Waals surface area contributed by atoms with Crippen molar-refractivity contribution < 1.29 is 14.7 Å². The zero-order valence-electron chi connectivity index (χ0n) is 9.74.